The summed E-state index contributed by atoms with van der Waals surface area (Å²) in [7, 11) is 0. The zero-order valence-corrected chi connectivity index (χ0v) is 17.3. The summed E-state index contributed by atoms with van der Waals surface area (Å²) in [4.78, 5) is 33.7. The molecule has 2 fully saturated rings. The number of hydrogen-bond donors (Lipinski definition) is 1. The minimum atomic E-state index is -2.63. The number of halogens is 4. The third kappa shape index (κ3) is 4.02. The molecule has 1 spiro atoms. The van der Waals surface area contributed by atoms with Gasteiger partial charge in [0.15, 0.2) is 16.5 Å². The Balaban J connectivity index is 1.28. The summed E-state index contributed by atoms with van der Waals surface area (Å²) in [6.45, 7) is 1.08. The SMILES string of the molecule is O=C(NC1CCC2(CC1)CN(C(=O)c1ncc(C(F)F)s1)C2)c1nccc(Cl)c1F. The summed E-state index contributed by atoms with van der Waals surface area (Å²) >= 11 is 6.42. The molecule has 1 saturated heterocycles. The monoisotopic (exact) mass is 458 g/mol. The number of thiazole rings is 1. The number of alkyl halides is 2. The molecule has 0 radical (unpaired) electrons. The fourth-order valence-electron chi connectivity index (χ4n) is 4.05. The van der Waals surface area contributed by atoms with E-state index in [2.05, 4.69) is 15.3 Å². The largest absolute Gasteiger partial charge is 0.348 e. The van der Waals surface area contributed by atoms with Crippen LogP contribution < -0.4 is 5.32 Å². The van der Waals surface area contributed by atoms with Crippen LogP contribution in [0.5, 0.6) is 0 Å². The van der Waals surface area contributed by atoms with Crippen molar-refractivity contribution in [2.45, 2.75) is 38.2 Å². The molecular formula is C19H18ClF3N4O2S. The zero-order valence-electron chi connectivity index (χ0n) is 15.7. The molecule has 2 aliphatic rings. The lowest BCUT2D eigenvalue weighted by Gasteiger charge is -2.53. The van der Waals surface area contributed by atoms with Crippen molar-refractivity contribution in [3.63, 3.8) is 0 Å². The van der Waals surface area contributed by atoms with Crippen molar-refractivity contribution in [3.05, 3.63) is 44.9 Å². The molecule has 1 N–H and O–H groups in total. The highest BCUT2D eigenvalue weighted by Crippen LogP contribution is 2.44. The molecule has 1 aliphatic carbocycles. The number of likely N-dealkylation sites (tertiary alicyclic amines) is 1. The maximum absolute atomic E-state index is 14.0. The minimum Gasteiger partial charge on any atom is -0.348 e. The first-order chi connectivity index (χ1) is 14.3. The third-order valence-corrected chi connectivity index (χ3v) is 6.98. The second kappa shape index (κ2) is 8.14. The molecule has 2 aromatic rings. The topological polar surface area (TPSA) is 75.2 Å². The first kappa shape index (κ1) is 21.0. The average Bonchev–Trinajstić information content (AvgIpc) is 3.19. The van der Waals surface area contributed by atoms with Crippen LogP contribution in [0.25, 0.3) is 0 Å². The number of carbonyl (C=O) groups is 2. The molecule has 4 rings (SSSR count). The molecule has 3 heterocycles. The fourth-order valence-corrected chi connectivity index (χ4v) is 4.94. The van der Waals surface area contributed by atoms with Crippen LogP contribution in [0, 0.1) is 11.2 Å². The summed E-state index contributed by atoms with van der Waals surface area (Å²) in [5.74, 6) is -1.76. The number of pyridine rings is 1. The fraction of sp³-hybridized carbons (Fsp3) is 0.474. The lowest BCUT2D eigenvalue weighted by atomic mass is 9.67. The van der Waals surface area contributed by atoms with Gasteiger partial charge in [0.2, 0.25) is 0 Å². The van der Waals surface area contributed by atoms with Gasteiger partial charge < -0.3 is 10.2 Å². The maximum Gasteiger partial charge on any atom is 0.282 e. The highest BCUT2D eigenvalue weighted by atomic mass is 35.5. The summed E-state index contributed by atoms with van der Waals surface area (Å²) in [6.07, 6.45) is 2.69. The average molecular weight is 459 g/mol. The Hall–Kier alpha value is -2.20. The van der Waals surface area contributed by atoms with Crippen LogP contribution in [-0.2, 0) is 0 Å². The summed E-state index contributed by atoms with van der Waals surface area (Å²) in [5, 5.41) is 2.73. The van der Waals surface area contributed by atoms with E-state index >= 15 is 0 Å². The van der Waals surface area contributed by atoms with Crippen molar-refractivity contribution >= 4 is 34.8 Å². The van der Waals surface area contributed by atoms with Gasteiger partial charge in [-0.15, -0.1) is 11.3 Å². The number of hydrogen-bond acceptors (Lipinski definition) is 5. The van der Waals surface area contributed by atoms with Gasteiger partial charge in [0, 0.05) is 36.9 Å². The van der Waals surface area contributed by atoms with E-state index in [0.717, 1.165) is 30.4 Å². The van der Waals surface area contributed by atoms with Crippen molar-refractivity contribution in [1.82, 2.24) is 20.2 Å². The molecule has 1 saturated carbocycles. The highest BCUT2D eigenvalue weighted by molar-refractivity contribution is 7.13. The van der Waals surface area contributed by atoms with Gasteiger partial charge in [-0.25, -0.2) is 23.1 Å². The molecule has 0 unspecified atom stereocenters. The second-order valence-electron chi connectivity index (χ2n) is 7.73. The quantitative estimate of drug-likeness (QED) is 0.749. The molecule has 11 heteroatoms. The first-order valence-corrected chi connectivity index (χ1v) is 10.6. The van der Waals surface area contributed by atoms with Crippen molar-refractivity contribution < 1.29 is 22.8 Å². The maximum atomic E-state index is 14.0. The normalized spacial score (nSPS) is 18.5. The van der Waals surface area contributed by atoms with Gasteiger partial charge in [-0.05, 0) is 31.7 Å². The third-order valence-electron chi connectivity index (χ3n) is 5.70. The highest BCUT2D eigenvalue weighted by Gasteiger charge is 2.47. The van der Waals surface area contributed by atoms with Gasteiger partial charge in [0.05, 0.1) is 9.90 Å². The number of aromatic nitrogens is 2. The minimum absolute atomic E-state index is 0.0285. The van der Waals surface area contributed by atoms with E-state index in [1.165, 1.54) is 12.3 Å². The molecule has 2 amide bonds. The molecular weight excluding hydrogens is 441 g/mol. The Morgan fingerprint density at radius 1 is 1.27 bits per heavy atom. The number of nitrogens with zero attached hydrogens (tertiary/aromatic N) is 3. The molecule has 2 aromatic heterocycles. The second-order valence-corrected chi connectivity index (χ2v) is 9.20. The Morgan fingerprint density at radius 3 is 2.60 bits per heavy atom. The number of carbonyl (C=O) groups excluding carboxylic acids is 2. The smallest absolute Gasteiger partial charge is 0.282 e. The lowest BCUT2D eigenvalue weighted by molar-refractivity contribution is -0.0198. The number of amides is 2. The zero-order chi connectivity index (χ0) is 21.5. The van der Waals surface area contributed by atoms with E-state index in [4.69, 9.17) is 11.6 Å². The van der Waals surface area contributed by atoms with Gasteiger partial charge in [-0.1, -0.05) is 11.6 Å². The molecule has 6 nitrogen and oxygen atoms in total. The number of rotatable bonds is 4. The van der Waals surface area contributed by atoms with Crippen LogP contribution in [0.1, 0.15) is 57.3 Å². The van der Waals surface area contributed by atoms with Crippen molar-refractivity contribution in [2.75, 3.05) is 13.1 Å². The van der Waals surface area contributed by atoms with Gasteiger partial charge in [-0.3, -0.25) is 9.59 Å². The van der Waals surface area contributed by atoms with E-state index in [-0.39, 0.29) is 38.0 Å². The van der Waals surface area contributed by atoms with Crippen molar-refractivity contribution in [2.24, 2.45) is 5.41 Å². The molecule has 0 aromatic carbocycles. The summed E-state index contributed by atoms with van der Waals surface area (Å²) in [5.41, 5.74) is -0.353. The van der Waals surface area contributed by atoms with Crippen LogP contribution in [0.4, 0.5) is 13.2 Å². The van der Waals surface area contributed by atoms with E-state index in [0.29, 0.717) is 25.9 Å². The molecule has 0 atom stereocenters. The van der Waals surface area contributed by atoms with Crippen molar-refractivity contribution in [1.29, 1.82) is 0 Å². The molecule has 1 aliphatic heterocycles. The Labute approximate surface area is 179 Å². The first-order valence-electron chi connectivity index (χ1n) is 9.42. The molecule has 30 heavy (non-hydrogen) atoms. The van der Waals surface area contributed by atoms with Crippen LogP contribution in [0.2, 0.25) is 5.02 Å². The van der Waals surface area contributed by atoms with E-state index in [1.807, 2.05) is 0 Å². The van der Waals surface area contributed by atoms with Gasteiger partial charge in [-0.2, -0.15) is 0 Å². The van der Waals surface area contributed by atoms with Gasteiger partial charge >= 0.3 is 0 Å². The van der Waals surface area contributed by atoms with E-state index in [9.17, 15) is 22.8 Å². The van der Waals surface area contributed by atoms with Gasteiger partial charge in [0.1, 0.15) is 0 Å². The Morgan fingerprint density at radius 2 is 1.97 bits per heavy atom. The predicted octanol–water partition coefficient (Wildman–Crippen LogP) is 4.08. The Kier molecular flexibility index (Phi) is 5.71. The molecule has 160 valence electrons. The number of nitrogens with one attached hydrogen (secondary N) is 1. The van der Waals surface area contributed by atoms with Crippen LogP contribution in [0.15, 0.2) is 18.5 Å². The van der Waals surface area contributed by atoms with Crippen LogP contribution in [-0.4, -0.2) is 45.8 Å². The van der Waals surface area contributed by atoms with E-state index < -0.39 is 18.1 Å². The lowest BCUT2D eigenvalue weighted by Crippen LogP contribution is -2.60. The predicted molar refractivity (Wildman–Crippen MR) is 104 cm³/mol. The molecule has 0 bridgehead atoms. The summed E-state index contributed by atoms with van der Waals surface area (Å²) < 4.78 is 39.3. The van der Waals surface area contributed by atoms with Crippen LogP contribution in [0.3, 0.4) is 0 Å². The standard InChI is InChI=1S/C19H18ClF3N4O2S/c20-11-3-6-24-14(13(11)21)16(28)26-10-1-4-19(5-2-10)8-27(9-19)18(29)17-25-7-12(30-17)15(22)23/h3,6-7,10,15H,1-2,4-5,8-9H2,(H,26,28). The summed E-state index contributed by atoms with van der Waals surface area (Å²) in [6, 6.07) is 1.17. The van der Waals surface area contributed by atoms with E-state index in [1.54, 1.807) is 4.90 Å². The Bertz CT molecular complexity index is 970. The van der Waals surface area contributed by atoms with Crippen molar-refractivity contribution in [3.8, 4) is 0 Å². The van der Waals surface area contributed by atoms with Crippen LogP contribution >= 0.6 is 22.9 Å². The van der Waals surface area contributed by atoms with Gasteiger partial charge in [0.25, 0.3) is 18.2 Å².